The van der Waals surface area contributed by atoms with Gasteiger partial charge in [-0.05, 0) is 69.2 Å². The van der Waals surface area contributed by atoms with E-state index in [-0.39, 0.29) is 0 Å². The smallest absolute Gasteiger partial charge is 0.199 e. The van der Waals surface area contributed by atoms with Gasteiger partial charge in [-0.2, -0.15) is 0 Å². The van der Waals surface area contributed by atoms with E-state index in [2.05, 4.69) is 91.8 Å². The third kappa shape index (κ3) is 4.44. The SMILES string of the molecule is CCN(CC)c1ccc(C=C2C=CC(=[N+](CC)CC)C=C2)cc1. The first kappa shape index (κ1) is 17.3. The van der Waals surface area contributed by atoms with Crippen LogP contribution < -0.4 is 4.90 Å². The van der Waals surface area contributed by atoms with Crippen LogP contribution in [0.5, 0.6) is 0 Å². The molecule has 1 aromatic carbocycles. The molecule has 0 saturated heterocycles. The van der Waals surface area contributed by atoms with Crippen LogP contribution in [-0.4, -0.2) is 36.5 Å². The number of nitrogens with zero attached hydrogens (tertiary/aromatic N) is 2. The maximum absolute atomic E-state index is 2.36. The molecule has 0 bridgehead atoms. The fraction of sp³-hybridized carbons (Fsp3) is 0.381. The van der Waals surface area contributed by atoms with Crippen molar-refractivity contribution in [3.8, 4) is 0 Å². The van der Waals surface area contributed by atoms with Gasteiger partial charge < -0.3 is 4.90 Å². The molecule has 0 radical (unpaired) electrons. The summed E-state index contributed by atoms with van der Waals surface area (Å²) in [6.45, 7) is 13.0. The van der Waals surface area contributed by atoms with Crippen LogP contribution in [0.2, 0.25) is 0 Å². The summed E-state index contributed by atoms with van der Waals surface area (Å²) in [6.07, 6.45) is 11.1. The molecule has 2 nitrogen and oxygen atoms in total. The van der Waals surface area contributed by atoms with Gasteiger partial charge in [-0.3, -0.25) is 0 Å². The number of allylic oxidation sites excluding steroid dienone is 5. The van der Waals surface area contributed by atoms with E-state index in [0.29, 0.717) is 0 Å². The molecule has 1 aromatic rings. The lowest BCUT2D eigenvalue weighted by Gasteiger charge is -2.20. The largest absolute Gasteiger partial charge is 0.372 e. The van der Waals surface area contributed by atoms with Crippen LogP contribution in [0.3, 0.4) is 0 Å². The number of hydrogen-bond donors (Lipinski definition) is 0. The lowest BCUT2D eigenvalue weighted by molar-refractivity contribution is -0.519. The summed E-state index contributed by atoms with van der Waals surface area (Å²) in [5.74, 6) is 0. The first-order valence-corrected chi connectivity index (χ1v) is 8.76. The Morgan fingerprint density at radius 1 is 0.826 bits per heavy atom. The summed E-state index contributed by atoms with van der Waals surface area (Å²) < 4.78 is 2.36. The molecule has 0 fully saturated rings. The van der Waals surface area contributed by atoms with Crippen LogP contribution in [0.4, 0.5) is 5.69 Å². The molecule has 2 heteroatoms. The van der Waals surface area contributed by atoms with E-state index in [1.807, 2.05) is 0 Å². The summed E-state index contributed by atoms with van der Waals surface area (Å²) in [5, 5.41) is 0. The molecule has 0 heterocycles. The van der Waals surface area contributed by atoms with Gasteiger partial charge in [0.1, 0.15) is 13.1 Å². The van der Waals surface area contributed by atoms with E-state index >= 15 is 0 Å². The zero-order chi connectivity index (χ0) is 16.7. The van der Waals surface area contributed by atoms with E-state index < -0.39 is 0 Å². The van der Waals surface area contributed by atoms with Crippen molar-refractivity contribution in [3.05, 3.63) is 59.7 Å². The molecule has 2 rings (SSSR count). The summed E-state index contributed by atoms with van der Waals surface area (Å²) in [7, 11) is 0. The molecule has 0 aliphatic heterocycles. The lowest BCUT2D eigenvalue weighted by Crippen LogP contribution is -2.21. The minimum Gasteiger partial charge on any atom is -0.372 e. The zero-order valence-corrected chi connectivity index (χ0v) is 14.9. The Bertz CT molecular complexity index is 602. The van der Waals surface area contributed by atoms with Gasteiger partial charge >= 0.3 is 0 Å². The van der Waals surface area contributed by atoms with Crippen molar-refractivity contribution in [2.24, 2.45) is 0 Å². The molecule has 0 aromatic heterocycles. The molecule has 0 saturated carbocycles. The van der Waals surface area contributed by atoms with Gasteiger partial charge in [0.15, 0.2) is 5.71 Å². The highest BCUT2D eigenvalue weighted by Crippen LogP contribution is 2.18. The molecule has 0 spiro atoms. The van der Waals surface area contributed by atoms with Crippen LogP contribution in [0.1, 0.15) is 33.3 Å². The third-order valence-corrected chi connectivity index (χ3v) is 4.38. The molecule has 0 amide bonds. The Hall–Kier alpha value is -2.09. The van der Waals surface area contributed by atoms with Crippen molar-refractivity contribution >= 4 is 17.5 Å². The highest BCUT2D eigenvalue weighted by Gasteiger charge is 2.08. The second kappa shape index (κ2) is 8.52. The van der Waals surface area contributed by atoms with Gasteiger partial charge in [0.25, 0.3) is 0 Å². The van der Waals surface area contributed by atoms with Gasteiger partial charge in [-0.25, -0.2) is 4.58 Å². The Labute approximate surface area is 141 Å². The fourth-order valence-corrected chi connectivity index (χ4v) is 2.93. The van der Waals surface area contributed by atoms with E-state index in [4.69, 9.17) is 0 Å². The molecule has 1 aliphatic carbocycles. The highest BCUT2D eigenvalue weighted by atomic mass is 15.1. The standard InChI is InChI=1S/C21H29N2/c1-5-22(6-2)20-13-9-18(10-14-20)17-19-11-15-21(16-12-19)23(7-3)8-4/h9-17H,5-8H2,1-4H3/q+1. The summed E-state index contributed by atoms with van der Waals surface area (Å²) in [6, 6.07) is 8.82. The predicted molar refractivity (Wildman–Crippen MR) is 103 cm³/mol. The fourth-order valence-electron chi connectivity index (χ4n) is 2.93. The average Bonchev–Trinajstić information content (AvgIpc) is 2.60. The second-order valence-corrected chi connectivity index (χ2v) is 5.67. The van der Waals surface area contributed by atoms with Gasteiger partial charge in [0, 0.05) is 30.9 Å². The Morgan fingerprint density at radius 3 is 1.87 bits per heavy atom. The Kier molecular flexibility index (Phi) is 6.40. The Morgan fingerprint density at radius 2 is 1.39 bits per heavy atom. The van der Waals surface area contributed by atoms with Crippen LogP contribution in [0.15, 0.2) is 54.1 Å². The molecule has 122 valence electrons. The van der Waals surface area contributed by atoms with Crippen molar-refractivity contribution in [2.75, 3.05) is 31.1 Å². The van der Waals surface area contributed by atoms with E-state index in [9.17, 15) is 0 Å². The van der Waals surface area contributed by atoms with E-state index in [0.717, 1.165) is 26.2 Å². The Balaban J connectivity index is 2.14. The molecule has 0 atom stereocenters. The summed E-state index contributed by atoms with van der Waals surface area (Å²) in [4.78, 5) is 2.36. The van der Waals surface area contributed by atoms with Gasteiger partial charge in [0.2, 0.25) is 0 Å². The third-order valence-electron chi connectivity index (χ3n) is 4.38. The van der Waals surface area contributed by atoms with Gasteiger partial charge in [0.05, 0.1) is 0 Å². The minimum absolute atomic E-state index is 1.05. The first-order chi connectivity index (χ1) is 11.2. The predicted octanol–water partition coefficient (Wildman–Crippen LogP) is 4.54. The maximum atomic E-state index is 2.36. The topological polar surface area (TPSA) is 6.25 Å². The first-order valence-electron chi connectivity index (χ1n) is 8.76. The van der Waals surface area contributed by atoms with Crippen LogP contribution in [0.25, 0.3) is 6.08 Å². The van der Waals surface area contributed by atoms with Crippen LogP contribution in [0, 0.1) is 0 Å². The van der Waals surface area contributed by atoms with Gasteiger partial charge in [-0.1, -0.05) is 12.1 Å². The number of benzene rings is 1. The maximum Gasteiger partial charge on any atom is 0.199 e. The minimum atomic E-state index is 1.05. The second-order valence-electron chi connectivity index (χ2n) is 5.67. The van der Waals surface area contributed by atoms with Crippen molar-refractivity contribution in [1.82, 2.24) is 0 Å². The number of rotatable bonds is 6. The van der Waals surface area contributed by atoms with Crippen molar-refractivity contribution < 1.29 is 4.58 Å². The molecular formula is C21H29N2+. The molecule has 0 unspecified atom stereocenters. The van der Waals surface area contributed by atoms with Crippen LogP contribution in [-0.2, 0) is 0 Å². The lowest BCUT2D eigenvalue weighted by atomic mass is 10.0. The van der Waals surface area contributed by atoms with Gasteiger partial charge in [-0.15, -0.1) is 0 Å². The number of hydrogen-bond acceptors (Lipinski definition) is 1. The normalized spacial score (nSPS) is 13.4. The summed E-state index contributed by atoms with van der Waals surface area (Å²) >= 11 is 0. The van der Waals surface area contributed by atoms with Crippen molar-refractivity contribution in [2.45, 2.75) is 27.7 Å². The average molecular weight is 309 g/mol. The quantitative estimate of drug-likeness (QED) is 0.699. The van der Waals surface area contributed by atoms with E-state index in [1.54, 1.807) is 0 Å². The van der Waals surface area contributed by atoms with Crippen LogP contribution >= 0.6 is 0 Å². The molecule has 0 N–H and O–H groups in total. The number of anilines is 1. The zero-order valence-electron chi connectivity index (χ0n) is 14.9. The summed E-state index contributed by atoms with van der Waals surface area (Å²) in [5.41, 5.74) is 5.08. The van der Waals surface area contributed by atoms with E-state index in [1.165, 1.54) is 22.5 Å². The molecule has 23 heavy (non-hydrogen) atoms. The molecule has 1 aliphatic rings. The monoisotopic (exact) mass is 309 g/mol. The van der Waals surface area contributed by atoms with Crippen molar-refractivity contribution in [3.63, 3.8) is 0 Å². The van der Waals surface area contributed by atoms with Crippen molar-refractivity contribution in [1.29, 1.82) is 0 Å². The highest BCUT2D eigenvalue weighted by molar-refractivity contribution is 6.02. The molecular weight excluding hydrogens is 280 g/mol.